The van der Waals surface area contributed by atoms with E-state index in [4.69, 9.17) is 5.84 Å². The Labute approximate surface area is 111 Å². The van der Waals surface area contributed by atoms with Crippen LogP contribution in [0.4, 0.5) is 4.39 Å². The summed E-state index contributed by atoms with van der Waals surface area (Å²) in [7, 11) is 0. The quantitative estimate of drug-likeness (QED) is 0.617. The normalized spacial score (nSPS) is 14.6. The molecular formula is C13H20BrFN2. The van der Waals surface area contributed by atoms with Crippen molar-refractivity contribution in [1.82, 2.24) is 5.43 Å². The fraction of sp³-hybridized carbons (Fsp3) is 0.538. The average molecular weight is 303 g/mol. The third-order valence-electron chi connectivity index (χ3n) is 2.96. The highest BCUT2D eigenvalue weighted by Crippen LogP contribution is 2.29. The summed E-state index contributed by atoms with van der Waals surface area (Å²) in [5.74, 6) is 5.95. The number of hydrazine groups is 1. The summed E-state index contributed by atoms with van der Waals surface area (Å²) in [6.07, 6.45) is 3.30. The van der Waals surface area contributed by atoms with Gasteiger partial charge in [0.25, 0.3) is 0 Å². The number of nitrogens with two attached hydrogens (primary N) is 1. The molecule has 4 heteroatoms. The fourth-order valence-electron chi connectivity index (χ4n) is 2.08. The van der Waals surface area contributed by atoms with Crippen LogP contribution in [0.15, 0.2) is 22.7 Å². The van der Waals surface area contributed by atoms with Crippen LogP contribution in [-0.4, -0.2) is 0 Å². The maximum atomic E-state index is 13.0. The van der Waals surface area contributed by atoms with Gasteiger partial charge in [-0.2, -0.15) is 0 Å². The van der Waals surface area contributed by atoms with Crippen LogP contribution in [0.25, 0.3) is 0 Å². The topological polar surface area (TPSA) is 38.0 Å². The maximum Gasteiger partial charge on any atom is 0.124 e. The minimum absolute atomic E-state index is 0.0616. The third kappa shape index (κ3) is 4.37. The van der Waals surface area contributed by atoms with E-state index in [1.165, 1.54) is 25.0 Å². The Morgan fingerprint density at radius 2 is 2.18 bits per heavy atom. The Balaban J connectivity index is 2.79. The fourth-order valence-corrected chi connectivity index (χ4v) is 2.71. The highest BCUT2D eigenvalue weighted by Gasteiger charge is 2.16. The van der Waals surface area contributed by atoms with E-state index in [1.54, 1.807) is 6.07 Å². The summed E-state index contributed by atoms with van der Waals surface area (Å²) in [5, 5.41) is 0. The predicted molar refractivity (Wildman–Crippen MR) is 72.9 cm³/mol. The Morgan fingerprint density at radius 1 is 1.47 bits per heavy atom. The first-order valence-electron chi connectivity index (χ1n) is 5.99. The minimum Gasteiger partial charge on any atom is -0.271 e. The summed E-state index contributed by atoms with van der Waals surface area (Å²) in [4.78, 5) is 0. The van der Waals surface area contributed by atoms with Gasteiger partial charge in [-0.25, -0.2) is 4.39 Å². The van der Waals surface area contributed by atoms with Gasteiger partial charge in [-0.3, -0.25) is 11.3 Å². The van der Waals surface area contributed by atoms with Crippen molar-refractivity contribution in [3.8, 4) is 0 Å². The molecule has 0 amide bonds. The molecule has 0 aliphatic rings. The standard InChI is InChI=1S/C13H20BrFN2/c1-3-4-9(2)7-13(17-16)11-6-5-10(15)8-12(11)14/h5-6,8-9,13,17H,3-4,7,16H2,1-2H3. The van der Waals surface area contributed by atoms with E-state index in [9.17, 15) is 4.39 Å². The first-order chi connectivity index (χ1) is 8.08. The summed E-state index contributed by atoms with van der Waals surface area (Å²) in [6.45, 7) is 4.39. The Kier molecular flexibility index (Phi) is 6.09. The van der Waals surface area contributed by atoms with Crippen molar-refractivity contribution in [3.05, 3.63) is 34.1 Å². The molecule has 17 heavy (non-hydrogen) atoms. The molecule has 1 rings (SSSR count). The zero-order valence-electron chi connectivity index (χ0n) is 10.3. The molecule has 0 bridgehead atoms. The molecule has 0 fully saturated rings. The molecule has 1 aromatic carbocycles. The number of halogens is 2. The van der Waals surface area contributed by atoms with Crippen molar-refractivity contribution >= 4 is 15.9 Å². The van der Waals surface area contributed by atoms with Crippen molar-refractivity contribution in [2.24, 2.45) is 11.8 Å². The summed E-state index contributed by atoms with van der Waals surface area (Å²) >= 11 is 3.38. The molecule has 2 unspecified atom stereocenters. The largest absolute Gasteiger partial charge is 0.271 e. The molecule has 0 aromatic heterocycles. The lowest BCUT2D eigenvalue weighted by Crippen LogP contribution is -2.29. The average Bonchev–Trinajstić information content (AvgIpc) is 2.27. The van der Waals surface area contributed by atoms with Gasteiger partial charge in [-0.05, 0) is 30.0 Å². The van der Waals surface area contributed by atoms with Crippen LogP contribution in [0.1, 0.15) is 44.7 Å². The molecular weight excluding hydrogens is 283 g/mol. The van der Waals surface area contributed by atoms with Gasteiger partial charge in [-0.1, -0.05) is 48.7 Å². The van der Waals surface area contributed by atoms with E-state index in [2.05, 4.69) is 35.2 Å². The molecule has 0 saturated heterocycles. The van der Waals surface area contributed by atoms with Crippen molar-refractivity contribution in [2.75, 3.05) is 0 Å². The van der Waals surface area contributed by atoms with Gasteiger partial charge in [0.15, 0.2) is 0 Å². The molecule has 0 saturated carbocycles. The second-order valence-electron chi connectivity index (χ2n) is 4.51. The molecule has 0 radical (unpaired) electrons. The molecule has 96 valence electrons. The van der Waals surface area contributed by atoms with Crippen LogP contribution in [-0.2, 0) is 0 Å². The summed E-state index contributed by atoms with van der Waals surface area (Å²) < 4.78 is 13.8. The minimum atomic E-state index is -0.238. The number of rotatable bonds is 6. The zero-order chi connectivity index (χ0) is 12.8. The van der Waals surface area contributed by atoms with Crippen molar-refractivity contribution in [1.29, 1.82) is 0 Å². The van der Waals surface area contributed by atoms with Crippen molar-refractivity contribution in [2.45, 2.75) is 39.2 Å². The number of benzene rings is 1. The van der Waals surface area contributed by atoms with Crippen LogP contribution in [0.5, 0.6) is 0 Å². The Bertz CT molecular complexity index is 357. The lowest BCUT2D eigenvalue weighted by atomic mass is 9.93. The van der Waals surface area contributed by atoms with Gasteiger partial charge in [0.1, 0.15) is 5.82 Å². The summed E-state index contributed by atoms with van der Waals surface area (Å²) in [6, 6.07) is 4.79. The lowest BCUT2D eigenvalue weighted by molar-refractivity contribution is 0.393. The molecule has 0 heterocycles. The Morgan fingerprint density at radius 3 is 2.71 bits per heavy atom. The van der Waals surface area contributed by atoms with Crippen LogP contribution in [0, 0.1) is 11.7 Å². The molecule has 0 aliphatic heterocycles. The Hall–Kier alpha value is -0.450. The molecule has 0 aliphatic carbocycles. The smallest absolute Gasteiger partial charge is 0.124 e. The predicted octanol–water partition coefficient (Wildman–Crippen LogP) is 3.92. The summed E-state index contributed by atoms with van der Waals surface area (Å²) in [5.41, 5.74) is 3.83. The van der Waals surface area contributed by atoms with Crippen LogP contribution in [0.2, 0.25) is 0 Å². The molecule has 2 nitrogen and oxygen atoms in total. The molecule has 1 aromatic rings. The van der Waals surface area contributed by atoms with E-state index < -0.39 is 0 Å². The number of hydrogen-bond acceptors (Lipinski definition) is 2. The molecule has 3 N–H and O–H groups in total. The van der Waals surface area contributed by atoms with Gasteiger partial charge >= 0.3 is 0 Å². The van der Waals surface area contributed by atoms with E-state index in [0.29, 0.717) is 5.92 Å². The molecule has 0 spiro atoms. The van der Waals surface area contributed by atoms with Gasteiger partial charge < -0.3 is 0 Å². The first-order valence-corrected chi connectivity index (χ1v) is 6.78. The zero-order valence-corrected chi connectivity index (χ0v) is 11.9. The number of hydrogen-bond donors (Lipinski definition) is 2. The highest BCUT2D eigenvalue weighted by molar-refractivity contribution is 9.10. The van der Waals surface area contributed by atoms with Crippen LogP contribution < -0.4 is 11.3 Å². The third-order valence-corrected chi connectivity index (χ3v) is 3.65. The van der Waals surface area contributed by atoms with E-state index >= 15 is 0 Å². The van der Waals surface area contributed by atoms with Crippen molar-refractivity contribution in [3.63, 3.8) is 0 Å². The highest BCUT2D eigenvalue weighted by atomic mass is 79.9. The van der Waals surface area contributed by atoms with Crippen LogP contribution >= 0.6 is 15.9 Å². The van der Waals surface area contributed by atoms with Gasteiger partial charge in [0.2, 0.25) is 0 Å². The van der Waals surface area contributed by atoms with Gasteiger partial charge in [0, 0.05) is 10.5 Å². The monoisotopic (exact) mass is 302 g/mol. The van der Waals surface area contributed by atoms with Gasteiger partial charge in [-0.15, -0.1) is 0 Å². The maximum absolute atomic E-state index is 13.0. The first kappa shape index (κ1) is 14.6. The van der Waals surface area contributed by atoms with Crippen LogP contribution in [0.3, 0.4) is 0 Å². The van der Waals surface area contributed by atoms with E-state index in [1.807, 2.05) is 0 Å². The lowest BCUT2D eigenvalue weighted by Gasteiger charge is -2.21. The molecule has 2 atom stereocenters. The number of nitrogens with one attached hydrogen (secondary N) is 1. The SMILES string of the molecule is CCCC(C)CC(NN)c1ccc(F)cc1Br. The van der Waals surface area contributed by atoms with E-state index in [-0.39, 0.29) is 11.9 Å². The second-order valence-corrected chi connectivity index (χ2v) is 5.37. The van der Waals surface area contributed by atoms with E-state index in [0.717, 1.165) is 16.5 Å². The van der Waals surface area contributed by atoms with Gasteiger partial charge in [0.05, 0.1) is 0 Å². The van der Waals surface area contributed by atoms with Crippen molar-refractivity contribution < 1.29 is 4.39 Å². The second kappa shape index (κ2) is 7.09.